The van der Waals surface area contributed by atoms with Crippen LogP contribution in [0.4, 0.5) is 0 Å². The molecule has 18 heavy (non-hydrogen) atoms. The SMILES string of the molecule is CCCCC(O)C1OC(=O)c2c(OC)cccc21. The van der Waals surface area contributed by atoms with Gasteiger partial charge >= 0.3 is 5.97 Å². The number of aliphatic hydroxyl groups excluding tert-OH is 1. The second-order valence-corrected chi connectivity index (χ2v) is 4.46. The Hall–Kier alpha value is -1.55. The average molecular weight is 250 g/mol. The van der Waals surface area contributed by atoms with E-state index in [0.29, 0.717) is 17.7 Å². The molecule has 0 saturated carbocycles. The molecule has 98 valence electrons. The summed E-state index contributed by atoms with van der Waals surface area (Å²) in [6, 6.07) is 5.34. The third-order valence-electron chi connectivity index (χ3n) is 3.23. The third-order valence-corrected chi connectivity index (χ3v) is 3.23. The lowest BCUT2D eigenvalue weighted by atomic mass is 9.98. The topological polar surface area (TPSA) is 55.8 Å². The molecule has 1 aliphatic heterocycles. The molecule has 0 radical (unpaired) electrons. The minimum absolute atomic E-state index is 0.414. The van der Waals surface area contributed by atoms with E-state index in [1.807, 2.05) is 6.07 Å². The first kappa shape index (κ1) is 12.9. The molecule has 4 nitrogen and oxygen atoms in total. The second kappa shape index (κ2) is 5.40. The summed E-state index contributed by atoms with van der Waals surface area (Å²) in [4.78, 5) is 11.8. The van der Waals surface area contributed by atoms with E-state index in [1.165, 1.54) is 7.11 Å². The van der Waals surface area contributed by atoms with Crippen LogP contribution >= 0.6 is 0 Å². The molecule has 2 atom stereocenters. The van der Waals surface area contributed by atoms with E-state index in [1.54, 1.807) is 12.1 Å². The molecule has 0 spiro atoms. The molecular formula is C14H18O4. The van der Waals surface area contributed by atoms with E-state index in [4.69, 9.17) is 9.47 Å². The van der Waals surface area contributed by atoms with Crippen LogP contribution in [0.25, 0.3) is 0 Å². The summed E-state index contributed by atoms with van der Waals surface area (Å²) in [5.74, 6) is 0.0886. The molecule has 2 rings (SSSR count). The zero-order valence-electron chi connectivity index (χ0n) is 10.7. The van der Waals surface area contributed by atoms with Crippen molar-refractivity contribution in [2.24, 2.45) is 0 Å². The lowest BCUT2D eigenvalue weighted by molar-refractivity contribution is -0.0127. The molecule has 0 amide bonds. The van der Waals surface area contributed by atoms with Gasteiger partial charge in [0.1, 0.15) is 11.3 Å². The molecule has 0 fully saturated rings. The Morgan fingerprint density at radius 2 is 2.28 bits per heavy atom. The Bertz CT molecular complexity index is 441. The molecule has 1 aromatic rings. The molecule has 1 aliphatic rings. The maximum absolute atomic E-state index is 11.8. The van der Waals surface area contributed by atoms with Crippen molar-refractivity contribution in [3.05, 3.63) is 29.3 Å². The van der Waals surface area contributed by atoms with E-state index in [-0.39, 0.29) is 0 Å². The van der Waals surface area contributed by atoms with Crippen molar-refractivity contribution in [2.75, 3.05) is 7.11 Å². The number of aliphatic hydroxyl groups is 1. The fourth-order valence-electron chi connectivity index (χ4n) is 2.26. The second-order valence-electron chi connectivity index (χ2n) is 4.46. The van der Waals surface area contributed by atoms with Crippen LogP contribution < -0.4 is 4.74 Å². The lowest BCUT2D eigenvalue weighted by Gasteiger charge is -2.17. The maximum Gasteiger partial charge on any atom is 0.343 e. The largest absolute Gasteiger partial charge is 0.496 e. The first-order valence-electron chi connectivity index (χ1n) is 6.25. The van der Waals surface area contributed by atoms with Gasteiger partial charge in [-0.05, 0) is 12.5 Å². The predicted octanol–water partition coefficient (Wildman–Crippen LogP) is 2.46. The highest BCUT2D eigenvalue weighted by Crippen LogP contribution is 2.38. The van der Waals surface area contributed by atoms with Crippen LogP contribution in [0.5, 0.6) is 5.75 Å². The molecule has 1 heterocycles. The Morgan fingerprint density at radius 1 is 1.50 bits per heavy atom. The van der Waals surface area contributed by atoms with Crippen LogP contribution in [0.3, 0.4) is 0 Å². The van der Waals surface area contributed by atoms with E-state index >= 15 is 0 Å². The standard InChI is InChI=1S/C14H18O4/c1-3-4-7-10(15)13-9-6-5-8-11(17-2)12(9)14(16)18-13/h5-6,8,10,13,15H,3-4,7H2,1-2H3. The van der Waals surface area contributed by atoms with Gasteiger partial charge in [-0.1, -0.05) is 31.9 Å². The Kier molecular flexibility index (Phi) is 3.87. The van der Waals surface area contributed by atoms with Gasteiger partial charge in [-0.15, -0.1) is 0 Å². The van der Waals surface area contributed by atoms with Crippen molar-refractivity contribution in [3.8, 4) is 5.75 Å². The molecule has 1 aromatic carbocycles. The number of hydrogen-bond acceptors (Lipinski definition) is 4. The molecule has 0 aliphatic carbocycles. The number of carbonyl (C=O) groups is 1. The molecule has 0 aromatic heterocycles. The molecular weight excluding hydrogens is 232 g/mol. The van der Waals surface area contributed by atoms with E-state index < -0.39 is 18.2 Å². The summed E-state index contributed by atoms with van der Waals surface area (Å²) in [5, 5.41) is 10.1. The fourth-order valence-corrected chi connectivity index (χ4v) is 2.26. The van der Waals surface area contributed by atoms with Gasteiger partial charge in [0.05, 0.1) is 13.2 Å². The third kappa shape index (κ3) is 2.20. The van der Waals surface area contributed by atoms with Crippen molar-refractivity contribution < 1.29 is 19.4 Å². The summed E-state index contributed by atoms with van der Waals surface area (Å²) < 4.78 is 10.4. The van der Waals surface area contributed by atoms with Gasteiger partial charge in [0, 0.05) is 5.56 Å². The molecule has 4 heteroatoms. The Balaban J connectivity index is 2.27. The van der Waals surface area contributed by atoms with Crippen LogP contribution in [-0.2, 0) is 4.74 Å². The highest BCUT2D eigenvalue weighted by molar-refractivity contribution is 5.97. The smallest absolute Gasteiger partial charge is 0.343 e. The number of hydrogen-bond donors (Lipinski definition) is 1. The molecule has 0 saturated heterocycles. The van der Waals surface area contributed by atoms with Crippen molar-refractivity contribution in [3.63, 3.8) is 0 Å². The van der Waals surface area contributed by atoms with Gasteiger partial charge in [0.2, 0.25) is 0 Å². The van der Waals surface area contributed by atoms with Crippen molar-refractivity contribution >= 4 is 5.97 Å². The zero-order chi connectivity index (χ0) is 13.1. The maximum atomic E-state index is 11.8. The predicted molar refractivity (Wildman–Crippen MR) is 66.7 cm³/mol. The van der Waals surface area contributed by atoms with E-state index in [9.17, 15) is 9.90 Å². The quantitative estimate of drug-likeness (QED) is 0.815. The van der Waals surface area contributed by atoms with Crippen molar-refractivity contribution in [1.29, 1.82) is 0 Å². The van der Waals surface area contributed by atoms with Gasteiger partial charge in [0.15, 0.2) is 6.10 Å². The van der Waals surface area contributed by atoms with Crippen LogP contribution in [0.1, 0.15) is 48.2 Å². The lowest BCUT2D eigenvalue weighted by Crippen LogP contribution is -2.18. The summed E-state index contributed by atoms with van der Waals surface area (Å²) in [7, 11) is 1.52. The van der Waals surface area contributed by atoms with Crippen LogP contribution in [-0.4, -0.2) is 24.3 Å². The van der Waals surface area contributed by atoms with E-state index in [0.717, 1.165) is 18.4 Å². The normalized spacial score (nSPS) is 19.3. The Morgan fingerprint density at radius 3 is 2.94 bits per heavy atom. The summed E-state index contributed by atoms with van der Waals surface area (Å²) in [5.41, 5.74) is 1.17. The van der Waals surface area contributed by atoms with Gasteiger partial charge in [-0.2, -0.15) is 0 Å². The van der Waals surface area contributed by atoms with Crippen LogP contribution in [0.2, 0.25) is 0 Å². The molecule has 0 bridgehead atoms. The monoisotopic (exact) mass is 250 g/mol. The summed E-state index contributed by atoms with van der Waals surface area (Å²) in [6.45, 7) is 2.06. The van der Waals surface area contributed by atoms with E-state index in [2.05, 4.69) is 6.92 Å². The summed E-state index contributed by atoms with van der Waals surface area (Å²) in [6.07, 6.45) is 1.33. The van der Waals surface area contributed by atoms with Crippen LogP contribution in [0, 0.1) is 0 Å². The van der Waals surface area contributed by atoms with Crippen molar-refractivity contribution in [1.82, 2.24) is 0 Å². The number of carbonyl (C=O) groups excluding carboxylic acids is 1. The van der Waals surface area contributed by atoms with Gasteiger partial charge in [-0.3, -0.25) is 0 Å². The number of methoxy groups -OCH3 is 1. The number of fused-ring (bicyclic) bond motifs is 1. The van der Waals surface area contributed by atoms with Gasteiger partial charge < -0.3 is 14.6 Å². The van der Waals surface area contributed by atoms with Crippen molar-refractivity contribution in [2.45, 2.75) is 38.4 Å². The first-order chi connectivity index (χ1) is 8.69. The minimum Gasteiger partial charge on any atom is -0.496 e. The highest BCUT2D eigenvalue weighted by Gasteiger charge is 2.37. The zero-order valence-corrected chi connectivity index (χ0v) is 10.7. The van der Waals surface area contributed by atoms with Crippen LogP contribution in [0.15, 0.2) is 18.2 Å². The number of cyclic esters (lactones) is 1. The number of esters is 1. The van der Waals surface area contributed by atoms with Gasteiger partial charge in [0.25, 0.3) is 0 Å². The molecule has 1 N–H and O–H groups in total. The average Bonchev–Trinajstić information content (AvgIpc) is 2.73. The number of rotatable bonds is 5. The first-order valence-corrected chi connectivity index (χ1v) is 6.25. The number of benzene rings is 1. The number of ether oxygens (including phenoxy) is 2. The summed E-state index contributed by atoms with van der Waals surface area (Å²) >= 11 is 0. The Labute approximate surface area is 107 Å². The van der Waals surface area contributed by atoms with Gasteiger partial charge in [-0.25, -0.2) is 4.79 Å². The number of unbranched alkanes of at least 4 members (excludes halogenated alkanes) is 1. The fraction of sp³-hybridized carbons (Fsp3) is 0.500. The minimum atomic E-state index is -0.651. The highest BCUT2D eigenvalue weighted by atomic mass is 16.6. The molecule has 2 unspecified atom stereocenters.